The average molecular weight is 405 g/mol. The standard InChI is InChI=1S/C18H17ClN4O3S/c19-12-7-9-13(10-8-12)20-17(27)22-21-16(24)6-3-11-23-14-4-1-2-5-15(14)26-18(23)25/h1-2,4-5,7-10H,3,6,11H2,(H,21,24)(H2,20,22,27). The summed E-state index contributed by atoms with van der Waals surface area (Å²) in [7, 11) is 0. The van der Waals surface area contributed by atoms with Crippen molar-refractivity contribution >= 4 is 51.6 Å². The van der Waals surface area contributed by atoms with Crippen molar-refractivity contribution in [2.24, 2.45) is 0 Å². The Morgan fingerprint density at radius 3 is 2.63 bits per heavy atom. The molecule has 140 valence electrons. The monoisotopic (exact) mass is 404 g/mol. The van der Waals surface area contributed by atoms with Crippen molar-refractivity contribution in [3.05, 3.63) is 64.1 Å². The number of hydrogen-bond donors (Lipinski definition) is 3. The zero-order valence-electron chi connectivity index (χ0n) is 14.2. The number of aromatic nitrogens is 1. The molecule has 0 saturated carbocycles. The molecule has 0 spiro atoms. The van der Waals surface area contributed by atoms with Gasteiger partial charge in [-0.3, -0.25) is 20.2 Å². The van der Waals surface area contributed by atoms with Gasteiger partial charge in [0.15, 0.2) is 10.7 Å². The lowest BCUT2D eigenvalue weighted by Crippen LogP contribution is -2.43. The Morgan fingerprint density at radius 1 is 1.11 bits per heavy atom. The predicted molar refractivity (Wildman–Crippen MR) is 109 cm³/mol. The fraction of sp³-hybridized carbons (Fsp3) is 0.167. The number of fused-ring (bicyclic) bond motifs is 1. The van der Waals surface area contributed by atoms with Gasteiger partial charge in [0.1, 0.15) is 0 Å². The van der Waals surface area contributed by atoms with Crippen LogP contribution in [0.15, 0.2) is 57.7 Å². The minimum Gasteiger partial charge on any atom is -0.408 e. The van der Waals surface area contributed by atoms with Crippen LogP contribution < -0.4 is 21.9 Å². The second kappa shape index (κ2) is 8.70. The largest absolute Gasteiger partial charge is 0.419 e. The minimum atomic E-state index is -0.428. The zero-order valence-corrected chi connectivity index (χ0v) is 15.8. The Labute approximate surface area is 165 Å². The summed E-state index contributed by atoms with van der Waals surface area (Å²) in [4.78, 5) is 23.8. The van der Waals surface area contributed by atoms with Crippen molar-refractivity contribution in [1.82, 2.24) is 15.4 Å². The molecule has 0 radical (unpaired) electrons. The molecular weight excluding hydrogens is 388 g/mol. The number of amides is 1. The number of carbonyl (C=O) groups excluding carboxylic acids is 1. The highest BCUT2D eigenvalue weighted by Gasteiger charge is 2.09. The molecule has 0 aliphatic heterocycles. The summed E-state index contributed by atoms with van der Waals surface area (Å²) in [5.41, 5.74) is 7.15. The van der Waals surface area contributed by atoms with Crippen LogP contribution in [0.3, 0.4) is 0 Å². The number of carbonyl (C=O) groups is 1. The second-order valence-electron chi connectivity index (χ2n) is 5.73. The van der Waals surface area contributed by atoms with Crippen molar-refractivity contribution in [2.75, 3.05) is 5.32 Å². The van der Waals surface area contributed by atoms with Crippen LogP contribution in [0.4, 0.5) is 5.69 Å². The summed E-state index contributed by atoms with van der Waals surface area (Å²) in [5, 5.41) is 3.79. The van der Waals surface area contributed by atoms with E-state index in [9.17, 15) is 9.59 Å². The Bertz CT molecular complexity index is 1010. The van der Waals surface area contributed by atoms with E-state index in [2.05, 4.69) is 16.2 Å². The van der Waals surface area contributed by atoms with Gasteiger partial charge in [-0.2, -0.15) is 0 Å². The molecule has 0 saturated heterocycles. The van der Waals surface area contributed by atoms with Gasteiger partial charge in [-0.15, -0.1) is 0 Å². The van der Waals surface area contributed by atoms with Crippen LogP contribution in [0.25, 0.3) is 11.1 Å². The fourth-order valence-corrected chi connectivity index (χ4v) is 2.80. The topological polar surface area (TPSA) is 88.3 Å². The molecule has 0 fully saturated rings. The molecule has 3 N–H and O–H groups in total. The Kier molecular flexibility index (Phi) is 6.10. The summed E-state index contributed by atoms with van der Waals surface area (Å²) >= 11 is 10.9. The molecule has 0 unspecified atom stereocenters. The number of anilines is 1. The molecule has 1 amide bonds. The van der Waals surface area contributed by atoms with E-state index in [4.69, 9.17) is 28.2 Å². The maximum absolute atomic E-state index is 11.9. The van der Waals surface area contributed by atoms with Crippen LogP contribution in [0, 0.1) is 0 Å². The third kappa shape index (κ3) is 5.08. The van der Waals surface area contributed by atoms with E-state index in [1.807, 2.05) is 12.1 Å². The maximum Gasteiger partial charge on any atom is 0.419 e. The Hall–Kier alpha value is -2.84. The van der Waals surface area contributed by atoms with E-state index in [0.717, 1.165) is 11.2 Å². The highest BCUT2D eigenvalue weighted by Crippen LogP contribution is 2.13. The van der Waals surface area contributed by atoms with Crippen LogP contribution in [0.1, 0.15) is 12.8 Å². The third-order valence-corrected chi connectivity index (χ3v) is 4.23. The summed E-state index contributed by atoms with van der Waals surface area (Å²) < 4.78 is 6.68. The van der Waals surface area contributed by atoms with Gasteiger partial charge in [0, 0.05) is 23.7 Å². The highest BCUT2D eigenvalue weighted by atomic mass is 35.5. The molecule has 3 rings (SSSR count). The molecule has 9 heteroatoms. The molecule has 1 aromatic heterocycles. The van der Waals surface area contributed by atoms with Gasteiger partial charge in [0.25, 0.3) is 0 Å². The smallest absolute Gasteiger partial charge is 0.408 e. The van der Waals surface area contributed by atoms with Crippen molar-refractivity contribution in [3.63, 3.8) is 0 Å². The third-order valence-electron chi connectivity index (χ3n) is 3.78. The molecule has 1 heterocycles. The number of oxazole rings is 1. The second-order valence-corrected chi connectivity index (χ2v) is 6.57. The summed E-state index contributed by atoms with van der Waals surface area (Å²) in [6, 6.07) is 14.2. The van der Waals surface area contributed by atoms with Crippen molar-refractivity contribution < 1.29 is 9.21 Å². The van der Waals surface area contributed by atoms with E-state index in [1.54, 1.807) is 36.4 Å². The number of nitrogens with one attached hydrogen (secondary N) is 3. The van der Waals surface area contributed by atoms with Crippen LogP contribution in [-0.4, -0.2) is 15.6 Å². The zero-order chi connectivity index (χ0) is 19.2. The normalized spacial score (nSPS) is 10.6. The summed E-state index contributed by atoms with van der Waals surface area (Å²) in [6.07, 6.45) is 0.705. The fourth-order valence-electron chi connectivity index (χ4n) is 2.51. The van der Waals surface area contributed by atoms with Crippen molar-refractivity contribution in [3.8, 4) is 0 Å². The number of para-hydroxylation sites is 2. The number of thiocarbonyl (C=S) groups is 1. The first-order valence-electron chi connectivity index (χ1n) is 8.23. The van der Waals surface area contributed by atoms with Crippen LogP contribution in [0.5, 0.6) is 0 Å². The lowest BCUT2D eigenvalue weighted by atomic mass is 10.3. The molecule has 0 aliphatic carbocycles. The van der Waals surface area contributed by atoms with Crippen molar-refractivity contribution in [1.29, 1.82) is 0 Å². The summed E-state index contributed by atoms with van der Waals surface area (Å²) in [5.74, 6) is -0.667. The first-order valence-corrected chi connectivity index (χ1v) is 9.01. The first-order chi connectivity index (χ1) is 13.0. The molecule has 0 bridgehead atoms. The molecular formula is C18H17ClN4O3S. The van der Waals surface area contributed by atoms with Gasteiger partial charge >= 0.3 is 5.76 Å². The van der Waals surface area contributed by atoms with E-state index in [-0.39, 0.29) is 17.4 Å². The SMILES string of the molecule is O=C(CCCn1c(=O)oc2ccccc21)NNC(=S)Nc1ccc(Cl)cc1. The number of aryl methyl sites for hydroxylation is 1. The van der Waals surface area contributed by atoms with Gasteiger partial charge in [0.2, 0.25) is 5.91 Å². The maximum atomic E-state index is 11.9. The number of halogens is 1. The minimum absolute atomic E-state index is 0.225. The number of hydrazine groups is 1. The lowest BCUT2D eigenvalue weighted by molar-refractivity contribution is -0.121. The molecule has 0 atom stereocenters. The highest BCUT2D eigenvalue weighted by molar-refractivity contribution is 7.80. The number of benzene rings is 2. The molecule has 2 aromatic carbocycles. The van der Waals surface area contributed by atoms with E-state index < -0.39 is 5.76 Å². The van der Waals surface area contributed by atoms with E-state index in [1.165, 1.54) is 4.57 Å². The number of hydrogen-bond acceptors (Lipinski definition) is 4. The number of nitrogens with zero attached hydrogens (tertiary/aromatic N) is 1. The quantitative estimate of drug-likeness (QED) is 0.447. The lowest BCUT2D eigenvalue weighted by Gasteiger charge is -2.11. The molecule has 7 nitrogen and oxygen atoms in total. The Balaban J connectivity index is 1.43. The van der Waals surface area contributed by atoms with Crippen LogP contribution in [0.2, 0.25) is 5.02 Å². The molecule has 3 aromatic rings. The van der Waals surface area contributed by atoms with Crippen LogP contribution in [-0.2, 0) is 11.3 Å². The van der Waals surface area contributed by atoms with Crippen molar-refractivity contribution in [2.45, 2.75) is 19.4 Å². The van der Waals surface area contributed by atoms with E-state index >= 15 is 0 Å². The number of rotatable bonds is 5. The first kappa shape index (κ1) is 18.9. The van der Waals surface area contributed by atoms with Gasteiger partial charge in [-0.25, -0.2) is 4.79 Å². The molecule has 27 heavy (non-hydrogen) atoms. The van der Waals surface area contributed by atoms with Gasteiger partial charge in [-0.05, 0) is 55.0 Å². The van der Waals surface area contributed by atoms with Gasteiger partial charge in [0.05, 0.1) is 5.52 Å². The predicted octanol–water partition coefficient (Wildman–Crippen LogP) is 3.05. The Morgan fingerprint density at radius 2 is 1.85 bits per heavy atom. The van der Waals surface area contributed by atoms with Gasteiger partial charge < -0.3 is 9.73 Å². The van der Waals surface area contributed by atoms with E-state index in [0.29, 0.717) is 23.6 Å². The summed E-state index contributed by atoms with van der Waals surface area (Å²) in [6.45, 7) is 0.386. The molecule has 0 aliphatic rings. The van der Waals surface area contributed by atoms with Crippen LogP contribution >= 0.6 is 23.8 Å². The average Bonchev–Trinajstić information content (AvgIpc) is 2.97. The van der Waals surface area contributed by atoms with Gasteiger partial charge in [-0.1, -0.05) is 23.7 Å².